The summed E-state index contributed by atoms with van der Waals surface area (Å²) < 4.78 is 4.99. The van der Waals surface area contributed by atoms with E-state index in [1.54, 1.807) is 7.11 Å². The third-order valence-electron chi connectivity index (χ3n) is 2.18. The van der Waals surface area contributed by atoms with E-state index < -0.39 is 0 Å². The number of hydrogen-bond donors (Lipinski definition) is 1. The molecule has 1 aliphatic rings. The normalized spacial score (nSPS) is 24.2. The van der Waals surface area contributed by atoms with Crippen LogP contribution in [-0.4, -0.2) is 38.3 Å². The first-order chi connectivity index (χ1) is 5.93. The first-order valence-corrected chi connectivity index (χ1v) is 5.86. The average Bonchev–Trinajstić information content (AvgIpc) is 2.14. The molecule has 2 nitrogen and oxygen atoms in total. The minimum absolute atomic E-state index is 0.894. The molecule has 0 aromatic heterocycles. The van der Waals surface area contributed by atoms with Crippen LogP contribution in [0.5, 0.6) is 0 Å². The molecule has 72 valence electrons. The van der Waals surface area contributed by atoms with Gasteiger partial charge < -0.3 is 10.1 Å². The van der Waals surface area contributed by atoms with Crippen molar-refractivity contribution in [3.05, 3.63) is 0 Å². The average molecular weight is 189 g/mol. The van der Waals surface area contributed by atoms with Gasteiger partial charge in [0.25, 0.3) is 0 Å². The van der Waals surface area contributed by atoms with Crippen molar-refractivity contribution in [2.24, 2.45) is 5.92 Å². The molecule has 0 amide bonds. The van der Waals surface area contributed by atoms with E-state index in [0.717, 1.165) is 18.3 Å². The molecule has 12 heavy (non-hydrogen) atoms. The summed E-state index contributed by atoms with van der Waals surface area (Å²) in [5.41, 5.74) is 0. The Balaban J connectivity index is 1.91. The van der Waals surface area contributed by atoms with Crippen LogP contribution in [0.3, 0.4) is 0 Å². The zero-order chi connectivity index (χ0) is 8.65. The van der Waals surface area contributed by atoms with Crippen molar-refractivity contribution in [1.82, 2.24) is 5.32 Å². The fourth-order valence-electron chi connectivity index (χ4n) is 1.46. The standard InChI is InChI=1S/C9H19NOS/c1-11-5-6-12-8-9-3-2-4-10-7-9/h9-10H,2-8H2,1H3. The molecular formula is C9H19NOS. The Morgan fingerprint density at radius 1 is 1.58 bits per heavy atom. The molecule has 3 heteroatoms. The molecule has 0 aromatic rings. The second-order valence-corrected chi connectivity index (χ2v) is 4.43. The van der Waals surface area contributed by atoms with Crippen LogP contribution in [0.15, 0.2) is 0 Å². The largest absolute Gasteiger partial charge is 0.384 e. The maximum absolute atomic E-state index is 4.99. The highest BCUT2D eigenvalue weighted by atomic mass is 32.2. The van der Waals surface area contributed by atoms with Crippen LogP contribution in [0.2, 0.25) is 0 Å². The Morgan fingerprint density at radius 2 is 2.50 bits per heavy atom. The van der Waals surface area contributed by atoms with Gasteiger partial charge in [-0.15, -0.1) is 0 Å². The number of hydrogen-bond acceptors (Lipinski definition) is 3. The van der Waals surface area contributed by atoms with E-state index in [2.05, 4.69) is 5.32 Å². The first-order valence-electron chi connectivity index (χ1n) is 4.71. The van der Waals surface area contributed by atoms with Crippen LogP contribution in [0, 0.1) is 5.92 Å². The van der Waals surface area contributed by atoms with E-state index in [1.165, 1.54) is 31.7 Å². The van der Waals surface area contributed by atoms with Crippen LogP contribution in [0.25, 0.3) is 0 Å². The predicted octanol–water partition coefficient (Wildman–Crippen LogP) is 1.37. The Morgan fingerprint density at radius 3 is 3.17 bits per heavy atom. The van der Waals surface area contributed by atoms with Crippen molar-refractivity contribution in [2.75, 3.05) is 38.3 Å². The van der Waals surface area contributed by atoms with Crippen LogP contribution in [0.4, 0.5) is 0 Å². The van der Waals surface area contributed by atoms with E-state index in [9.17, 15) is 0 Å². The van der Waals surface area contributed by atoms with Gasteiger partial charge in [0.15, 0.2) is 0 Å². The number of rotatable bonds is 5. The molecule has 0 aliphatic carbocycles. The third kappa shape index (κ3) is 4.33. The smallest absolute Gasteiger partial charge is 0.0552 e. The molecule has 0 bridgehead atoms. The maximum Gasteiger partial charge on any atom is 0.0552 e. The molecule has 0 radical (unpaired) electrons. The summed E-state index contributed by atoms with van der Waals surface area (Å²) in [6.07, 6.45) is 2.77. The summed E-state index contributed by atoms with van der Waals surface area (Å²) in [6, 6.07) is 0. The molecular weight excluding hydrogens is 170 g/mol. The van der Waals surface area contributed by atoms with Crippen LogP contribution in [0.1, 0.15) is 12.8 Å². The van der Waals surface area contributed by atoms with Crippen LogP contribution >= 0.6 is 11.8 Å². The summed E-state index contributed by atoms with van der Waals surface area (Å²) in [6.45, 7) is 3.34. The van der Waals surface area contributed by atoms with E-state index in [0.29, 0.717) is 0 Å². The predicted molar refractivity (Wildman–Crippen MR) is 54.8 cm³/mol. The fraction of sp³-hybridized carbons (Fsp3) is 1.00. The molecule has 1 rings (SSSR count). The summed E-state index contributed by atoms with van der Waals surface area (Å²) >= 11 is 2.02. The monoisotopic (exact) mass is 189 g/mol. The van der Waals surface area contributed by atoms with Gasteiger partial charge >= 0.3 is 0 Å². The van der Waals surface area contributed by atoms with E-state index in [4.69, 9.17) is 4.74 Å². The maximum atomic E-state index is 4.99. The summed E-state index contributed by atoms with van der Waals surface area (Å²) in [5, 5.41) is 3.43. The lowest BCUT2D eigenvalue weighted by Crippen LogP contribution is -2.31. The Hall–Kier alpha value is 0.270. The highest BCUT2D eigenvalue weighted by molar-refractivity contribution is 7.99. The molecule has 1 N–H and O–H groups in total. The second kappa shape index (κ2) is 6.75. The van der Waals surface area contributed by atoms with Crippen molar-refractivity contribution < 1.29 is 4.74 Å². The lowest BCUT2D eigenvalue weighted by molar-refractivity contribution is 0.218. The summed E-state index contributed by atoms with van der Waals surface area (Å²) in [4.78, 5) is 0. The molecule has 0 saturated carbocycles. The topological polar surface area (TPSA) is 21.3 Å². The SMILES string of the molecule is COCCSCC1CCCNC1. The number of ether oxygens (including phenoxy) is 1. The van der Waals surface area contributed by atoms with E-state index >= 15 is 0 Å². The van der Waals surface area contributed by atoms with Gasteiger partial charge in [-0.3, -0.25) is 0 Å². The molecule has 1 atom stereocenters. The Labute approximate surface area is 79.4 Å². The summed E-state index contributed by atoms with van der Waals surface area (Å²) in [5.74, 6) is 3.35. The molecule has 1 saturated heterocycles. The van der Waals surface area contributed by atoms with Gasteiger partial charge in [0.1, 0.15) is 0 Å². The number of thioether (sulfide) groups is 1. The van der Waals surface area contributed by atoms with E-state index in [-0.39, 0.29) is 0 Å². The van der Waals surface area contributed by atoms with Crippen molar-refractivity contribution in [2.45, 2.75) is 12.8 Å². The van der Waals surface area contributed by atoms with Crippen molar-refractivity contribution in [1.29, 1.82) is 0 Å². The lowest BCUT2D eigenvalue weighted by atomic mass is 10.0. The Kier molecular flexibility index (Phi) is 5.82. The minimum atomic E-state index is 0.894. The van der Waals surface area contributed by atoms with Gasteiger partial charge in [-0.2, -0.15) is 11.8 Å². The molecule has 1 fully saturated rings. The zero-order valence-electron chi connectivity index (χ0n) is 7.84. The number of piperidine rings is 1. The van der Waals surface area contributed by atoms with Crippen molar-refractivity contribution in [3.8, 4) is 0 Å². The fourth-order valence-corrected chi connectivity index (χ4v) is 2.53. The quantitative estimate of drug-likeness (QED) is 0.660. The third-order valence-corrected chi connectivity index (χ3v) is 3.35. The van der Waals surface area contributed by atoms with Crippen LogP contribution in [-0.2, 0) is 4.74 Å². The minimum Gasteiger partial charge on any atom is -0.384 e. The van der Waals surface area contributed by atoms with Gasteiger partial charge in [-0.25, -0.2) is 0 Å². The molecule has 1 unspecified atom stereocenters. The molecule has 0 aromatic carbocycles. The van der Waals surface area contributed by atoms with Gasteiger partial charge in [0.05, 0.1) is 6.61 Å². The Bertz CT molecular complexity index is 105. The number of methoxy groups -OCH3 is 1. The van der Waals surface area contributed by atoms with E-state index in [1.807, 2.05) is 11.8 Å². The lowest BCUT2D eigenvalue weighted by Gasteiger charge is -2.22. The van der Waals surface area contributed by atoms with Crippen molar-refractivity contribution in [3.63, 3.8) is 0 Å². The van der Waals surface area contributed by atoms with Crippen molar-refractivity contribution >= 4 is 11.8 Å². The molecule has 0 spiro atoms. The van der Waals surface area contributed by atoms with Gasteiger partial charge in [-0.1, -0.05) is 0 Å². The van der Waals surface area contributed by atoms with Crippen LogP contribution < -0.4 is 5.32 Å². The molecule has 1 aliphatic heterocycles. The highest BCUT2D eigenvalue weighted by Gasteiger charge is 2.11. The zero-order valence-corrected chi connectivity index (χ0v) is 8.66. The second-order valence-electron chi connectivity index (χ2n) is 3.28. The number of nitrogens with one attached hydrogen (secondary N) is 1. The van der Waals surface area contributed by atoms with Gasteiger partial charge in [-0.05, 0) is 37.6 Å². The first kappa shape index (κ1) is 10.4. The highest BCUT2D eigenvalue weighted by Crippen LogP contribution is 2.15. The van der Waals surface area contributed by atoms with Gasteiger partial charge in [0, 0.05) is 12.9 Å². The summed E-state index contributed by atoms with van der Waals surface area (Å²) in [7, 11) is 1.77. The molecule has 1 heterocycles. The van der Waals surface area contributed by atoms with Gasteiger partial charge in [0.2, 0.25) is 0 Å².